The smallest absolute Gasteiger partial charge is 0.261 e. The number of anilines is 1. The van der Waals surface area contributed by atoms with Crippen molar-refractivity contribution in [3.05, 3.63) is 54.3 Å². The molecule has 118 valence electrons. The van der Waals surface area contributed by atoms with Crippen LogP contribution in [0.15, 0.2) is 58.3 Å². The van der Waals surface area contributed by atoms with E-state index in [2.05, 4.69) is 9.44 Å². The summed E-state index contributed by atoms with van der Waals surface area (Å²) in [4.78, 5) is -0.0828. The zero-order chi connectivity index (χ0) is 16.4. The Hall–Kier alpha value is -1.97. The normalized spacial score (nSPS) is 12.1. The minimum absolute atomic E-state index is 0.0136. The number of hydrogen-bond acceptors (Lipinski definition) is 4. The Bertz CT molecular complexity index is 861. The lowest BCUT2D eigenvalue weighted by atomic mass is 10.3. The van der Waals surface area contributed by atoms with Crippen LogP contribution >= 0.6 is 0 Å². The summed E-state index contributed by atoms with van der Waals surface area (Å²) in [6.07, 6.45) is 0. The second kappa shape index (κ2) is 6.03. The molecule has 0 bridgehead atoms. The van der Waals surface area contributed by atoms with Crippen LogP contribution in [0.1, 0.15) is 0 Å². The molecule has 22 heavy (non-hydrogen) atoms. The second-order valence-electron chi connectivity index (χ2n) is 4.29. The maximum absolute atomic E-state index is 12.8. The van der Waals surface area contributed by atoms with E-state index in [9.17, 15) is 21.2 Å². The first kappa shape index (κ1) is 16.4. The monoisotopic (exact) mass is 344 g/mol. The van der Waals surface area contributed by atoms with Gasteiger partial charge in [-0.3, -0.25) is 4.72 Å². The van der Waals surface area contributed by atoms with E-state index in [0.717, 1.165) is 24.3 Å². The number of halogens is 1. The molecule has 0 heterocycles. The van der Waals surface area contributed by atoms with E-state index in [1.165, 1.54) is 31.3 Å². The molecular formula is C13H13FN2O4S2. The third-order valence-electron chi connectivity index (χ3n) is 2.81. The van der Waals surface area contributed by atoms with Crippen LogP contribution in [0, 0.1) is 5.82 Å². The summed E-state index contributed by atoms with van der Waals surface area (Å²) in [6, 6.07) is 9.54. The van der Waals surface area contributed by atoms with Gasteiger partial charge in [0.1, 0.15) is 5.82 Å². The Morgan fingerprint density at radius 3 is 1.73 bits per heavy atom. The van der Waals surface area contributed by atoms with Gasteiger partial charge in [-0.25, -0.2) is 25.9 Å². The van der Waals surface area contributed by atoms with E-state index >= 15 is 0 Å². The van der Waals surface area contributed by atoms with Gasteiger partial charge in [0.2, 0.25) is 10.0 Å². The Kier molecular flexibility index (Phi) is 4.50. The summed E-state index contributed by atoms with van der Waals surface area (Å²) < 4.78 is 64.6. The fourth-order valence-corrected chi connectivity index (χ4v) is 3.44. The van der Waals surface area contributed by atoms with Crippen LogP contribution in [0.2, 0.25) is 0 Å². The zero-order valence-electron chi connectivity index (χ0n) is 11.4. The van der Waals surface area contributed by atoms with Crippen LogP contribution in [0.3, 0.4) is 0 Å². The molecule has 0 aliphatic carbocycles. The predicted molar refractivity (Wildman–Crippen MR) is 79.9 cm³/mol. The fourth-order valence-electron chi connectivity index (χ4n) is 1.65. The molecule has 0 amide bonds. The number of benzene rings is 2. The minimum Gasteiger partial charge on any atom is -0.280 e. The molecule has 0 radical (unpaired) electrons. The number of sulfonamides is 2. The SMILES string of the molecule is CNS(=O)(=O)c1ccc(NS(=O)(=O)c2ccc(F)cc2)cc1. The molecule has 0 aromatic heterocycles. The molecule has 0 spiro atoms. The van der Waals surface area contributed by atoms with Gasteiger partial charge in [-0.1, -0.05) is 0 Å². The number of hydrogen-bond donors (Lipinski definition) is 2. The van der Waals surface area contributed by atoms with Crippen LogP contribution in [-0.4, -0.2) is 23.9 Å². The molecule has 6 nitrogen and oxygen atoms in total. The van der Waals surface area contributed by atoms with Crippen LogP contribution < -0.4 is 9.44 Å². The first-order chi connectivity index (χ1) is 10.2. The summed E-state index contributed by atoms with van der Waals surface area (Å²) in [5.74, 6) is -0.541. The molecule has 0 fully saturated rings. The third-order valence-corrected chi connectivity index (χ3v) is 5.64. The average Bonchev–Trinajstić information content (AvgIpc) is 2.48. The second-order valence-corrected chi connectivity index (χ2v) is 7.86. The summed E-state index contributed by atoms with van der Waals surface area (Å²) in [6.45, 7) is 0. The first-order valence-corrected chi connectivity index (χ1v) is 9.03. The summed E-state index contributed by atoms with van der Waals surface area (Å²) in [5, 5.41) is 0. The standard InChI is InChI=1S/C13H13FN2O4S2/c1-15-21(17,18)12-8-4-11(5-9-12)16-22(19,20)13-6-2-10(14)3-7-13/h2-9,15-16H,1H3. The largest absolute Gasteiger partial charge is 0.280 e. The maximum Gasteiger partial charge on any atom is 0.261 e. The Labute approximate surface area is 128 Å². The molecule has 0 aliphatic rings. The van der Waals surface area contributed by atoms with Crippen molar-refractivity contribution >= 4 is 25.7 Å². The average molecular weight is 344 g/mol. The first-order valence-electron chi connectivity index (χ1n) is 6.06. The highest BCUT2D eigenvalue weighted by Crippen LogP contribution is 2.18. The summed E-state index contributed by atoms with van der Waals surface area (Å²) in [7, 11) is -6.17. The highest BCUT2D eigenvalue weighted by atomic mass is 32.2. The van der Waals surface area contributed by atoms with Crippen molar-refractivity contribution in [2.75, 3.05) is 11.8 Å². The quantitative estimate of drug-likeness (QED) is 0.860. The third kappa shape index (κ3) is 3.62. The Balaban J connectivity index is 2.25. The van der Waals surface area contributed by atoms with Gasteiger partial charge >= 0.3 is 0 Å². The van der Waals surface area contributed by atoms with Crippen molar-refractivity contribution in [3.8, 4) is 0 Å². The van der Waals surface area contributed by atoms with Gasteiger partial charge in [-0.2, -0.15) is 0 Å². The highest BCUT2D eigenvalue weighted by molar-refractivity contribution is 7.92. The topological polar surface area (TPSA) is 92.3 Å². The maximum atomic E-state index is 12.8. The lowest BCUT2D eigenvalue weighted by molar-refractivity contribution is 0.588. The van der Waals surface area contributed by atoms with Gasteiger partial charge in [0.25, 0.3) is 10.0 Å². The summed E-state index contributed by atoms with van der Waals surface area (Å²) >= 11 is 0. The van der Waals surface area contributed by atoms with Crippen LogP contribution in [0.4, 0.5) is 10.1 Å². The lowest BCUT2D eigenvalue weighted by Gasteiger charge is -2.09. The molecule has 2 N–H and O–H groups in total. The Morgan fingerprint density at radius 2 is 1.23 bits per heavy atom. The predicted octanol–water partition coefficient (Wildman–Crippen LogP) is 1.53. The van der Waals surface area contributed by atoms with E-state index < -0.39 is 25.9 Å². The molecule has 2 aromatic rings. The fraction of sp³-hybridized carbons (Fsp3) is 0.0769. The van der Waals surface area contributed by atoms with E-state index in [1.807, 2.05) is 0 Å². The zero-order valence-corrected chi connectivity index (χ0v) is 13.1. The van der Waals surface area contributed by atoms with Crippen LogP contribution in [0.5, 0.6) is 0 Å². The number of nitrogens with one attached hydrogen (secondary N) is 2. The van der Waals surface area contributed by atoms with Gasteiger partial charge in [0.05, 0.1) is 9.79 Å². The van der Waals surface area contributed by atoms with Crippen molar-refractivity contribution in [2.24, 2.45) is 0 Å². The molecule has 0 saturated carbocycles. The van der Waals surface area contributed by atoms with Gasteiger partial charge in [0.15, 0.2) is 0 Å². The minimum atomic E-state index is -3.87. The molecule has 9 heteroatoms. The van der Waals surface area contributed by atoms with Gasteiger partial charge in [0, 0.05) is 5.69 Å². The molecule has 0 aliphatic heterocycles. The molecule has 0 atom stereocenters. The van der Waals surface area contributed by atoms with E-state index in [-0.39, 0.29) is 15.5 Å². The molecule has 0 unspecified atom stereocenters. The van der Waals surface area contributed by atoms with Crippen LogP contribution in [-0.2, 0) is 20.0 Å². The van der Waals surface area contributed by atoms with Crippen molar-refractivity contribution in [1.82, 2.24) is 4.72 Å². The van der Waals surface area contributed by atoms with Crippen molar-refractivity contribution in [1.29, 1.82) is 0 Å². The van der Waals surface area contributed by atoms with Gasteiger partial charge in [-0.05, 0) is 55.6 Å². The highest BCUT2D eigenvalue weighted by Gasteiger charge is 2.15. The molecular weight excluding hydrogens is 331 g/mol. The lowest BCUT2D eigenvalue weighted by Crippen LogP contribution is -2.18. The Morgan fingerprint density at radius 1 is 0.773 bits per heavy atom. The molecule has 0 saturated heterocycles. The van der Waals surface area contributed by atoms with Gasteiger partial charge in [-0.15, -0.1) is 0 Å². The van der Waals surface area contributed by atoms with Crippen LogP contribution in [0.25, 0.3) is 0 Å². The van der Waals surface area contributed by atoms with Crippen molar-refractivity contribution < 1.29 is 21.2 Å². The van der Waals surface area contributed by atoms with E-state index in [4.69, 9.17) is 0 Å². The molecule has 2 aromatic carbocycles. The van der Waals surface area contributed by atoms with E-state index in [0.29, 0.717) is 0 Å². The van der Waals surface area contributed by atoms with Crippen molar-refractivity contribution in [2.45, 2.75) is 9.79 Å². The molecule has 2 rings (SSSR count). The van der Waals surface area contributed by atoms with E-state index in [1.54, 1.807) is 0 Å². The van der Waals surface area contributed by atoms with Gasteiger partial charge < -0.3 is 0 Å². The van der Waals surface area contributed by atoms with Crippen molar-refractivity contribution in [3.63, 3.8) is 0 Å². The summed E-state index contributed by atoms with van der Waals surface area (Å²) in [5.41, 5.74) is 0.194. The number of rotatable bonds is 5.